The highest BCUT2D eigenvalue weighted by molar-refractivity contribution is 7.93. The number of benzene rings is 3. The SMILES string of the molecule is C#C[C@H]1c2ccc(C(F)(F)F)cc2N(S(=O)(=O)c2ccc(C)cc2)C(=O)[C@@H]1c1ccccc1. The Kier molecular flexibility index (Phi) is 5.54. The van der Waals surface area contributed by atoms with Crippen LogP contribution in [-0.2, 0) is 21.0 Å². The molecule has 0 bridgehead atoms. The minimum atomic E-state index is -4.74. The van der Waals surface area contributed by atoms with Crippen molar-refractivity contribution in [3.8, 4) is 12.3 Å². The Morgan fingerprint density at radius 2 is 1.61 bits per heavy atom. The molecule has 0 saturated heterocycles. The average molecular weight is 469 g/mol. The van der Waals surface area contributed by atoms with Crippen LogP contribution in [0.2, 0.25) is 0 Å². The predicted molar refractivity (Wildman–Crippen MR) is 118 cm³/mol. The van der Waals surface area contributed by atoms with Crippen molar-refractivity contribution in [1.29, 1.82) is 0 Å². The molecule has 168 valence electrons. The van der Waals surface area contributed by atoms with Crippen LogP contribution in [0.3, 0.4) is 0 Å². The smallest absolute Gasteiger partial charge is 0.273 e. The Morgan fingerprint density at radius 1 is 0.970 bits per heavy atom. The van der Waals surface area contributed by atoms with Crippen LogP contribution in [-0.4, -0.2) is 14.3 Å². The molecule has 1 heterocycles. The van der Waals surface area contributed by atoms with Crippen LogP contribution < -0.4 is 4.31 Å². The second kappa shape index (κ2) is 8.09. The summed E-state index contributed by atoms with van der Waals surface area (Å²) in [6.07, 6.45) is 0.985. The molecule has 0 aromatic heterocycles. The van der Waals surface area contributed by atoms with Gasteiger partial charge in [0.25, 0.3) is 10.0 Å². The van der Waals surface area contributed by atoms with Crippen LogP contribution in [0.5, 0.6) is 0 Å². The highest BCUT2D eigenvalue weighted by Gasteiger charge is 2.47. The molecule has 33 heavy (non-hydrogen) atoms. The number of alkyl halides is 3. The second-order valence-electron chi connectivity index (χ2n) is 7.72. The fourth-order valence-electron chi connectivity index (χ4n) is 3.97. The molecule has 3 aromatic carbocycles. The van der Waals surface area contributed by atoms with Gasteiger partial charge in [0.05, 0.1) is 28.0 Å². The summed E-state index contributed by atoms with van der Waals surface area (Å²) in [6.45, 7) is 1.76. The molecule has 0 spiro atoms. The molecule has 0 fully saturated rings. The summed E-state index contributed by atoms with van der Waals surface area (Å²) < 4.78 is 68.0. The third-order valence-electron chi connectivity index (χ3n) is 5.61. The van der Waals surface area contributed by atoms with E-state index < -0.39 is 39.5 Å². The summed E-state index contributed by atoms with van der Waals surface area (Å²) in [4.78, 5) is 13.5. The molecular weight excluding hydrogens is 451 g/mol. The Hall–Kier alpha value is -3.57. The molecule has 0 saturated carbocycles. The lowest BCUT2D eigenvalue weighted by Crippen LogP contribution is -2.45. The first kappa shape index (κ1) is 22.6. The van der Waals surface area contributed by atoms with E-state index in [2.05, 4.69) is 5.92 Å². The van der Waals surface area contributed by atoms with E-state index in [0.29, 0.717) is 15.9 Å². The molecule has 0 aliphatic carbocycles. The number of fused-ring (bicyclic) bond motifs is 1. The van der Waals surface area contributed by atoms with Gasteiger partial charge in [0.2, 0.25) is 5.91 Å². The third kappa shape index (κ3) is 3.89. The van der Waals surface area contributed by atoms with Crippen molar-refractivity contribution in [2.45, 2.75) is 29.8 Å². The van der Waals surface area contributed by atoms with Crippen LogP contribution in [0.15, 0.2) is 77.7 Å². The maximum atomic E-state index is 13.7. The molecule has 0 radical (unpaired) electrons. The molecular formula is C25H18F3NO3S. The highest BCUT2D eigenvalue weighted by atomic mass is 32.2. The topological polar surface area (TPSA) is 54.5 Å². The van der Waals surface area contributed by atoms with Gasteiger partial charge in [-0.15, -0.1) is 6.42 Å². The van der Waals surface area contributed by atoms with E-state index in [-0.39, 0.29) is 16.1 Å². The molecule has 1 aliphatic rings. The number of terminal acetylenes is 1. The molecule has 0 N–H and O–H groups in total. The number of hydrogen-bond donors (Lipinski definition) is 0. The Bertz CT molecular complexity index is 1360. The van der Waals surface area contributed by atoms with Crippen LogP contribution in [0.1, 0.15) is 34.1 Å². The maximum absolute atomic E-state index is 13.7. The van der Waals surface area contributed by atoms with Crippen LogP contribution >= 0.6 is 0 Å². The number of carbonyl (C=O) groups is 1. The van der Waals surface area contributed by atoms with Gasteiger partial charge in [-0.25, -0.2) is 12.7 Å². The lowest BCUT2D eigenvalue weighted by Gasteiger charge is -2.37. The van der Waals surface area contributed by atoms with Gasteiger partial charge in [-0.1, -0.05) is 60.0 Å². The summed E-state index contributed by atoms with van der Waals surface area (Å²) in [7, 11) is -4.53. The summed E-state index contributed by atoms with van der Waals surface area (Å²) in [5.74, 6) is -0.439. The minimum Gasteiger partial charge on any atom is -0.273 e. The number of nitrogens with zero attached hydrogens (tertiary/aromatic N) is 1. The Balaban J connectivity index is 2.01. The third-order valence-corrected chi connectivity index (χ3v) is 7.33. The van der Waals surface area contributed by atoms with Gasteiger partial charge in [0.1, 0.15) is 0 Å². The average Bonchev–Trinajstić information content (AvgIpc) is 2.77. The van der Waals surface area contributed by atoms with Gasteiger partial charge in [-0.3, -0.25) is 4.79 Å². The van der Waals surface area contributed by atoms with Crippen molar-refractivity contribution in [2.24, 2.45) is 0 Å². The number of aryl methyl sites for hydroxylation is 1. The summed E-state index contributed by atoms with van der Waals surface area (Å²) in [6, 6.07) is 16.8. The van der Waals surface area contributed by atoms with Gasteiger partial charge in [0.15, 0.2) is 0 Å². The Morgan fingerprint density at radius 3 is 2.18 bits per heavy atom. The zero-order valence-corrected chi connectivity index (χ0v) is 18.2. The monoisotopic (exact) mass is 469 g/mol. The molecule has 3 aromatic rings. The van der Waals surface area contributed by atoms with Crippen molar-refractivity contribution in [2.75, 3.05) is 4.31 Å². The lowest BCUT2D eigenvalue weighted by molar-refractivity contribution is -0.137. The van der Waals surface area contributed by atoms with E-state index in [4.69, 9.17) is 6.42 Å². The number of sulfonamides is 1. The van der Waals surface area contributed by atoms with E-state index in [1.807, 2.05) is 0 Å². The van der Waals surface area contributed by atoms with Crippen LogP contribution in [0.4, 0.5) is 18.9 Å². The fourth-order valence-corrected chi connectivity index (χ4v) is 5.43. The van der Waals surface area contributed by atoms with Gasteiger partial charge in [-0.2, -0.15) is 13.2 Å². The predicted octanol–water partition coefficient (Wildman–Crippen LogP) is 5.25. The molecule has 0 unspecified atom stereocenters. The van der Waals surface area contributed by atoms with Crippen molar-refractivity contribution < 1.29 is 26.4 Å². The summed E-state index contributed by atoms with van der Waals surface area (Å²) >= 11 is 0. The van der Waals surface area contributed by atoms with E-state index in [1.54, 1.807) is 49.4 Å². The first-order chi connectivity index (χ1) is 15.6. The van der Waals surface area contributed by atoms with Crippen LogP contribution in [0.25, 0.3) is 0 Å². The first-order valence-corrected chi connectivity index (χ1v) is 11.4. The van der Waals surface area contributed by atoms with Gasteiger partial charge < -0.3 is 0 Å². The Labute approximate surface area is 189 Å². The molecule has 8 heteroatoms. The zero-order chi connectivity index (χ0) is 24.0. The maximum Gasteiger partial charge on any atom is 0.416 e. The van der Waals surface area contributed by atoms with Crippen molar-refractivity contribution >= 4 is 21.6 Å². The van der Waals surface area contributed by atoms with E-state index in [9.17, 15) is 26.4 Å². The van der Waals surface area contributed by atoms with Crippen LogP contribution in [0, 0.1) is 19.3 Å². The van der Waals surface area contributed by atoms with E-state index in [0.717, 1.165) is 17.7 Å². The van der Waals surface area contributed by atoms with Crippen molar-refractivity contribution in [1.82, 2.24) is 0 Å². The summed E-state index contributed by atoms with van der Waals surface area (Å²) in [5, 5.41) is 0. The lowest BCUT2D eigenvalue weighted by atomic mass is 9.78. The van der Waals surface area contributed by atoms with Gasteiger partial charge in [-0.05, 0) is 42.3 Å². The quantitative estimate of drug-likeness (QED) is 0.493. The normalized spacial score (nSPS) is 18.5. The molecule has 1 amide bonds. The molecule has 4 nitrogen and oxygen atoms in total. The number of anilines is 1. The number of hydrogen-bond acceptors (Lipinski definition) is 3. The zero-order valence-electron chi connectivity index (χ0n) is 17.4. The molecule has 4 rings (SSSR count). The largest absolute Gasteiger partial charge is 0.416 e. The number of rotatable bonds is 3. The minimum absolute atomic E-state index is 0.162. The number of halogens is 3. The standard InChI is InChI=1S/C25H18F3NO3S/c1-3-20-21-14-11-18(25(26,27)28)15-22(21)29(24(30)23(20)17-7-5-4-6-8-17)33(31,32)19-12-9-16(2)10-13-19/h1,4-15,20,23H,2H3/t20-,23+/m0/s1. The van der Waals surface area contributed by atoms with Gasteiger partial charge in [0, 0.05) is 0 Å². The number of amides is 1. The van der Waals surface area contributed by atoms with Crippen molar-refractivity contribution in [3.63, 3.8) is 0 Å². The first-order valence-electron chi connectivity index (χ1n) is 9.94. The fraction of sp³-hybridized carbons (Fsp3) is 0.160. The van der Waals surface area contributed by atoms with E-state index >= 15 is 0 Å². The molecule has 1 aliphatic heterocycles. The van der Waals surface area contributed by atoms with Gasteiger partial charge >= 0.3 is 6.18 Å². The number of carbonyl (C=O) groups excluding carboxylic acids is 1. The second-order valence-corrected chi connectivity index (χ2v) is 9.51. The van der Waals surface area contributed by atoms with E-state index in [1.165, 1.54) is 12.1 Å². The van der Waals surface area contributed by atoms with Crippen molar-refractivity contribution in [3.05, 3.63) is 95.1 Å². The highest BCUT2D eigenvalue weighted by Crippen LogP contribution is 2.47. The summed E-state index contributed by atoms with van der Waals surface area (Å²) in [5.41, 5.74) is -0.0411. The molecule has 2 atom stereocenters.